The van der Waals surface area contributed by atoms with E-state index in [-0.39, 0.29) is 5.56 Å². The number of carbonyl (C=O) groups excluding carboxylic acids is 1. The molecule has 2 aromatic carbocycles. The van der Waals surface area contributed by atoms with Gasteiger partial charge in [-0.3, -0.25) is 9.48 Å². The first kappa shape index (κ1) is 18.9. The van der Waals surface area contributed by atoms with Crippen molar-refractivity contribution in [3.63, 3.8) is 0 Å². The first-order chi connectivity index (χ1) is 12.7. The summed E-state index contributed by atoms with van der Waals surface area (Å²) in [5, 5.41) is 6.69. The van der Waals surface area contributed by atoms with Gasteiger partial charge in [0.1, 0.15) is 5.82 Å². The molecule has 1 heterocycles. The number of nitrogens with zero attached hydrogens (tertiary/aromatic N) is 2. The Morgan fingerprint density at radius 2 is 1.85 bits per heavy atom. The Kier molecular flexibility index (Phi) is 5.18. The summed E-state index contributed by atoms with van der Waals surface area (Å²) in [6.45, 7) is 0.427. The standard InChI is InChI=1S/C18H12ClF4N3O/c19-14-8-24-26(10-14)9-11-1-3-12(4-2-11)17(27)25-16-7-13(18(21,22)23)5-6-15(16)20/h1-8,10H,9H2,(H,25,27). The van der Waals surface area contributed by atoms with Crippen LogP contribution in [0.25, 0.3) is 0 Å². The topological polar surface area (TPSA) is 46.9 Å². The Morgan fingerprint density at radius 3 is 2.44 bits per heavy atom. The van der Waals surface area contributed by atoms with E-state index in [0.29, 0.717) is 29.8 Å². The number of alkyl halides is 3. The van der Waals surface area contributed by atoms with Crippen LogP contribution < -0.4 is 5.32 Å². The summed E-state index contributed by atoms with van der Waals surface area (Å²) < 4.78 is 53.5. The third-order valence-electron chi connectivity index (χ3n) is 3.70. The molecule has 1 N–H and O–H groups in total. The third kappa shape index (κ3) is 4.65. The first-order valence-corrected chi connectivity index (χ1v) is 8.05. The van der Waals surface area contributed by atoms with Crippen molar-refractivity contribution in [2.75, 3.05) is 5.32 Å². The van der Waals surface area contributed by atoms with E-state index >= 15 is 0 Å². The lowest BCUT2D eigenvalue weighted by atomic mass is 10.1. The van der Waals surface area contributed by atoms with E-state index in [9.17, 15) is 22.4 Å². The number of anilines is 1. The summed E-state index contributed by atoms with van der Waals surface area (Å²) in [5.74, 6) is -1.68. The van der Waals surface area contributed by atoms with E-state index in [1.165, 1.54) is 18.3 Å². The zero-order chi connectivity index (χ0) is 19.6. The van der Waals surface area contributed by atoms with Gasteiger partial charge in [-0.2, -0.15) is 18.3 Å². The first-order valence-electron chi connectivity index (χ1n) is 7.67. The number of amides is 1. The van der Waals surface area contributed by atoms with Crippen LogP contribution in [0.3, 0.4) is 0 Å². The minimum atomic E-state index is -4.63. The van der Waals surface area contributed by atoms with Crippen LogP contribution >= 0.6 is 11.6 Å². The third-order valence-corrected chi connectivity index (χ3v) is 3.90. The van der Waals surface area contributed by atoms with Gasteiger partial charge in [0.15, 0.2) is 0 Å². The fourth-order valence-corrected chi connectivity index (χ4v) is 2.52. The maximum absolute atomic E-state index is 13.7. The highest BCUT2D eigenvalue weighted by atomic mass is 35.5. The molecule has 0 atom stereocenters. The van der Waals surface area contributed by atoms with Gasteiger partial charge in [0.25, 0.3) is 5.91 Å². The number of carbonyl (C=O) groups is 1. The second-order valence-corrected chi connectivity index (χ2v) is 6.14. The van der Waals surface area contributed by atoms with Crippen molar-refractivity contribution in [3.8, 4) is 0 Å². The predicted octanol–water partition coefficient (Wildman–Crippen LogP) is 5.00. The number of rotatable bonds is 4. The van der Waals surface area contributed by atoms with Gasteiger partial charge in [0.05, 0.1) is 29.0 Å². The molecule has 0 saturated heterocycles. The van der Waals surface area contributed by atoms with Gasteiger partial charge in [-0.05, 0) is 35.9 Å². The number of halogens is 5. The molecule has 140 valence electrons. The van der Waals surface area contributed by atoms with E-state index in [1.54, 1.807) is 23.0 Å². The van der Waals surface area contributed by atoms with Crippen molar-refractivity contribution in [1.82, 2.24) is 9.78 Å². The Hall–Kier alpha value is -2.87. The van der Waals surface area contributed by atoms with Gasteiger partial charge >= 0.3 is 6.18 Å². The monoisotopic (exact) mass is 397 g/mol. The van der Waals surface area contributed by atoms with Crippen LogP contribution in [0.15, 0.2) is 54.9 Å². The molecule has 0 bridgehead atoms. The van der Waals surface area contributed by atoms with Crippen LogP contribution in [0, 0.1) is 5.82 Å². The summed E-state index contributed by atoms with van der Waals surface area (Å²) in [7, 11) is 0. The fourth-order valence-electron chi connectivity index (χ4n) is 2.37. The molecule has 0 saturated carbocycles. The Balaban J connectivity index is 1.73. The Morgan fingerprint density at radius 1 is 1.15 bits per heavy atom. The molecule has 0 aliphatic rings. The highest BCUT2D eigenvalue weighted by Crippen LogP contribution is 2.32. The Labute approximate surface area is 156 Å². The predicted molar refractivity (Wildman–Crippen MR) is 92.1 cm³/mol. The summed E-state index contributed by atoms with van der Waals surface area (Å²) >= 11 is 5.79. The van der Waals surface area contributed by atoms with Crippen LogP contribution in [-0.2, 0) is 12.7 Å². The minimum absolute atomic E-state index is 0.175. The molecule has 1 aromatic heterocycles. The van der Waals surface area contributed by atoms with E-state index in [2.05, 4.69) is 10.4 Å². The van der Waals surface area contributed by atoms with Gasteiger partial charge in [-0.15, -0.1) is 0 Å². The summed E-state index contributed by atoms with van der Waals surface area (Å²) in [6, 6.07) is 8.13. The fraction of sp³-hybridized carbons (Fsp3) is 0.111. The minimum Gasteiger partial charge on any atom is -0.319 e. The van der Waals surface area contributed by atoms with Crippen molar-refractivity contribution in [2.45, 2.75) is 12.7 Å². The van der Waals surface area contributed by atoms with Crippen LogP contribution in [0.5, 0.6) is 0 Å². The normalized spacial score (nSPS) is 11.4. The highest BCUT2D eigenvalue weighted by Gasteiger charge is 2.31. The summed E-state index contributed by atoms with van der Waals surface area (Å²) in [5.41, 5.74) is -0.580. The molecule has 1 amide bonds. The van der Waals surface area contributed by atoms with Crippen molar-refractivity contribution in [1.29, 1.82) is 0 Å². The average molecular weight is 398 g/mol. The van der Waals surface area contributed by atoms with Crippen molar-refractivity contribution < 1.29 is 22.4 Å². The lowest BCUT2D eigenvalue weighted by Gasteiger charge is -2.11. The molecule has 9 heteroatoms. The molecular formula is C18H12ClF4N3O. The number of aromatic nitrogens is 2. The average Bonchev–Trinajstić information content (AvgIpc) is 3.01. The van der Waals surface area contributed by atoms with Crippen LogP contribution in [0.4, 0.5) is 23.2 Å². The van der Waals surface area contributed by atoms with Gasteiger partial charge in [0.2, 0.25) is 0 Å². The summed E-state index contributed by atoms with van der Waals surface area (Å²) in [4.78, 5) is 12.2. The smallest absolute Gasteiger partial charge is 0.319 e. The molecule has 0 radical (unpaired) electrons. The van der Waals surface area contributed by atoms with E-state index < -0.39 is 29.2 Å². The molecule has 0 spiro atoms. The van der Waals surface area contributed by atoms with Crippen LogP contribution in [-0.4, -0.2) is 15.7 Å². The van der Waals surface area contributed by atoms with E-state index in [4.69, 9.17) is 11.6 Å². The molecule has 0 fully saturated rings. The number of hydrogen-bond donors (Lipinski definition) is 1. The molecule has 27 heavy (non-hydrogen) atoms. The maximum Gasteiger partial charge on any atom is 0.416 e. The number of benzene rings is 2. The van der Waals surface area contributed by atoms with Crippen LogP contribution in [0.1, 0.15) is 21.5 Å². The van der Waals surface area contributed by atoms with Crippen molar-refractivity contribution in [3.05, 3.63) is 82.4 Å². The molecule has 4 nitrogen and oxygen atoms in total. The van der Waals surface area contributed by atoms with Crippen molar-refractivity contribution >= 4 is 23.2 Å². The van der Waals surface area contributed by atoms with Crippen LogP contribution in [0.2, 0.25) is 5.02 Å². The second kappa shape index (κ2) is 7.40. The number of nitrogens with one attached hydrogen (secondary N) is 1. The zero-order valence-corrected chi connectivity index (χ0v) is 14.4. The lowest BCUT2D eigenvalue weighted by Crippen LogP contribution is -2.14. The van der Waals surface area contributed by atoms with Gasteiger partial charge in [-0.25, -0.2) is 4.39 Å². The zero-order valence-electron chi connectivity index (χ0n) is 13.6. The Bertz CT molecular complexity index is 967. The summed E-state index contributed by atoms with van der Waals surface area (Å²) in [6.07, 6.45) is -1.50. The molecular weight excluding hydrogens is 386 g/mol. The lowest BCUT2D eigenvalue weighted by molar-refractivity contribution is -0.137. The van der Waals surface area contributed by atoms with E-state index in [1.807, 2.05) is 0 Å². The molecule has 3 aromatic rings. The van der Waals surface area contributed by atoms with Crippen molar-refractivity contribution in [2.24, 2.45) is 0 Å². The van der Waals surface area contributed by atoms with E-state index in [0.717, 1.165) is 5.56 Å². The second-order valence-electron chi connectivity index (χ2n) is 5.70. The molecule has 0 aliphatic carbocycles. The molecule has 0 aliphatic heterocycles. The molecule has 3 rings (SSSR count). The highest BCUT2D eigenvalue weighted by molar-refractivity contribution is 6.30. The van der Waals surface area contributed by atoms with Gasteiger partial charge < -0.3 is 5.32 Å². The van der Waals surface area contributed by atoms with Gasteiger partial charge in [0, 0.05) is 11.8 Å². The quantitative estimate of drug-likeness (QED) is 0.630. The largest absolute Gasteiger partial charge is 0.416 e. The van der Waals surface area contributed by atoms with Gasteiger partial charge in [-0.1, -0.05) is 23.7 Å². The SMILES string of the molecule is O=C(Nc1cc(C(F)(F)F)ccc1F)c1ccc(Cn2cc(Cl)cn2)cc1. The maximum atomic E-state index is 13.7. The number of hydrogen-bond acceptors (Lipinski definition) is 2. The molecule has 0 unspecified atom stereocenters.